The molecule has 0 radical (unpaired) electrons. The SMILES string of the molecule is COC(=O)C1=C(C)NC2=C(C(=O)c3ccccc32)[C@H]1c1cc(I)c(OCc2ccc(Cl)c(Cl)c2)c(I)c1. The Labute approximate surface area is 251 Å². The lowest BCUT2D eigenvalue weighted by Gasteiger charge is -2.29. The highest BCUT2D eigenvalue weighted by atomic mass is 127. The van der Waals surface area contributed by atoms with Crippen molar-refractivity contribution in [1.82, 2.24) is 5.32 Å². The monoisotopic (exact) mass is 757 g/mol. The van der Waals surface area contributed by atoms with E-state index in [1.807, 2.05) is 49.4 Å². The van der Waals surface area contributed by atoms with Gasteiger partial charge in [-0.2, -0.15) is 0 Å². The second kappa shape index (κ2) is 10.6. The van der Waals surface area contributed by atoms with Crippen molar-refractivity contribution in [3.63, 3.8) is 0 Å². The van der Waals surface area contributed by atoms with Crippen molar-refractivity contribution < 1.29 is 19.1 Å². The molecule has 1 aliphatic heterocycles. The van der Waals surface area contributed by atoms with Gasteiger partial charge in [0.2, 0.25) is 0 Å². The Hall–Kier alpha value is -2.08. The predicted molar refractivity (Wildman–Crippen MR) is 161 cm³/mol. The normalized spacial score (nSPS) is 16.4. The third-order valence-electron chi connectivity index (χ3n) is 6.38. The molecule has 0 fully saturated rings. The zero-order chi connectivity index (χ0) is 26.4. The van der Waals surface area contributed by atoms with Gasteiger partial charge in [0.25, 0.3) is 0 Å². The van der Waals surface area contributed by atoms with E-state index in [0.717, 1.165) is 29.5 Å². The van der Waals surface area contributed by atoms with Gasteiger partial charge in [-0.1, -0.05) is 53.5 Å². The van der Waals surface area contributed by atoms with Crippen molar-refractivity contribution in [2.75, 3.05) is 7.11 Å². The summed E-state index contributed by atoms with van der Waals surface area (Å²) in [6.45, 7) is 2.14. The van der Waals surface area contributed by atoms with E-state index in [2.05, 4.69) is 50.5 Å². The smallest absolute Gasteiger partial charge is 0.336 e. The summed E-state index contributed by atoms with van der Waals surface area (Å²) in [5, 5.41) is 4.26. The summed E-state index contributed by atoms with van der Waals surface area (Å²) in [5.74, 6) is -0.451. The van der Waals surface area contributed by atoms with E-state index in [4.69, 9.17) is 32.7 Å². The highest BCUT2D eigenvalue weighted by molar-refractivity contribution is 14.1. The number of Topliss-reactive ketones (excluding diaryl/α,β-unsaturated/α-hetero) is 1. The second-order valence-corrected chi connectivity index (χ2v) is 11.7. The fourth-order valence-electron chi connectivity index (χ4n) is 4.71. The molecule has 0 bridgehead atoms. The van der Waals surface area contributed by atoms with E-state index in [1.54, 1.807) is 12.1 Å². The van der Waals surface area contributed by atoms with Crippen LogP contribution < -0.4 is 10.1 Å². The molecular weight excluding hydrogens is 739 g/mol. The molecule has 1 heterocycles. The third kappa shape index (κ3) is 4.79. The molecular formula is C28H19Cl2I2NO4. The molecule has 5 rings (SSSR count). The van der Waals surface area contributed by atoms with Gasteiger partial charge in [0.05, 0.1) is 35.6 Å². The molecule has 3 aromatic rings. The van der Waals surface area contributed by atoms with E-state index in [9.17, 15) is 9.59 Å². The molecule has 2 aliphatic rings. The van der Waals surface area contributed by atoms with Crippen molar-refractivity contribution in [2.24, 2.45) is 0 Å². The Morgan fingerprint density at radius 3 is 2.32 bits per heavy atom. The lowest BCUT2D eigenvalue weighted by molar-refractivity contribution is -0.136. The van der Waals surface area contributed by atoms with Crippen molar-refractivity contribution >= 4 is 85.8 Å². The molecule has 0 saturated carbocycles. The number of ketones is 1. The summed E-state index contributed by atoms with van der Waals surface area (Å²) in [6, 6.07) is 16.8. The van der Waals surface area contributed by atoms with Crippen LogP contribution in [0.5, 0.6) is 5.75 Å². The third-order valence-corrected chi connectivity index (χ3v) is 8.72. The van der Waals surface area contributed by atoms with Crippen molar-refractivity contribution in [3.8, 4) is 5.75 Å². The Balaban J connectivity index is 1.56. The molecule has 0 spiro atoms. The molecule has 0 aromatic heterocycles. The summed E-state index contributed by atoms with van der Waals surface area (Å²) in [5.41, 5.74) is 5.51. The molecule has 0 unspecified atom stereocenters. The van der Waals surface area contributed by atoms with Crippen LogP contribution in [0.1, 0.15) is 39.9 Å². The Morgan fingerprint density at radius 1 is 1.00 bits per heavy atom. The van der Waals surface area contributed by atoms with Gasteiger partial charge < -0.3 is 14.8 Å². The quantitative estimate of drug-likeness (QED) is 0.216. The van der Waals surface area contributed by atoms with Crippen LogP contribution in [0.15, 0.2) is 71.4 Å². The molecule has 188 valence electrons. The molecule has 0 saturated heterocycles. The van der Waals surface area contributed by atoms with Crippen LogP contribution in [0.25, 0.3) is 5.70 Å². The van der Waals surface area contributed by atoms with Gasteiger partial charge in [0, 0.05) is 28.3 Å². The van der Waals surface area contributed by atoms with E-state index in [1.165, 1.54) is 7.11 Å². The zero-order valence-corrected chi connectivity index (χ0v) is 25.5. The van der Waals surface area contributed by atoms with E-state index in [-0.39, 0.29) is 5.78 Å². The van der Waals surface area contributed by atoms with Crippen LogP contribution in [0.2, 0.25) is 10.0 Å². The lowest BCUT2D eigenvalue weighted by atomic mass is 9.80. The molecule has 1 atom stereocenters. The Morgan fingerprint density at radius 2 is 1.68 bits per heavy atom. The topological polar surface area (TPSA) is 64.6 Å². The number of allylic oxidation sites excluding steroid dienone is 2. The molecule has 1 aliphatic carbocycles. The molecule has 37 heavy (non-hydrogen) atoms. The van der Waals surface area contributed by atoms with E-state index in [0.29, 0.717) is 44.8 Å². The minimum atomic E-state index is -0.588. The van der Waals surface area contributed by atoms with Crippen molar-refractivity contribution in [3.05, 3.63) is 111 Å². The van der Waals surface area contributed by atoms with Gasteiger partial charge in [-0.05, 0) is 87.5 Å². The average Bonchev–Trinajstić information content (AvgIpc) is 3.15. The van der Waals surface area contributed by atoms with Gasteiger partial charge in [0.15, 0.2) is 5.78 Å². The Kier molecular flexibility index (Phi) is 7.59. The number of hydrogen-bond donors (Lipinski definition) is 1. The van der Waals surface area contributed by atoms with Crippen LogP contribution in [0.4, 0.5) is 0 Å². The first-order chi connectivity index (χ1) is 17.7. The summed E-state index contributed by atoms with van der Waals surface area (Å²) in [4.78, 5) is 26.6. The summed E-state index contributed by atoms with van der Waals surface area (Å²) in [6.07, 6.45) is 0. The largest absolute Gasteiger partial charge is 0.487 e. The lowest BCUT2D eigenvalue weighted by Crippen LogP contribution is -2.29. The fraction of sp³-hybridized carbons (Fsp3) is 0.143. The first-order valence-corrected chi connectivity index (χ1v) is 14.1. The van der Waals surface area contributed by atoms with Crippen LogP contribution in [-0.4, -0.2) is 18.9 Å². The number of carbonyl (C=O) groups is 2. The van der Waals surface area contributed by atoms with Crippen LogP contribution >= 0.6 is 68.4 Å². The first kappa shape index (κ1) is 26.5. The van der Waals surface area contributed by atoms with E-state index >= 15 is 0 Å². The highest BCUT2D eigenvalue weighted by Crippen LogP contribution is 2.48. The van der Waals surface area contributed by atoms with Gasteiger partial charge in [0.1, 0.15) is 12.4 Å². The van der Waals surface area contributed by atoms with E-state index < -0.39 is 11.9 Å². The number of ether oxygens (including phenoxy) is 2. The highest BCUT2D eigenvalue weighted by Gasteiger charge is 2.43. The average molecular weight is 758 g/mol. The number of rotatable bonds is 5. The predicted octanol–water partition coefficient (Wildman–Crippen LogP) is 7.52. The second-order valence-electron chi connectivity index (χ2n) is 8.60. The first-order valence-electron chi connectivity index (χ1n) is 11.2. The number of methoxy groups -OCH3 is 1. The number of esters is 1. The minimum Gasteiger partial charge on any atom is -0.487 e. The van der Waals surface area contributed by atoms with Crippen LogP contribution in [0.3, 0.4) is 0 Å². The molecule has 3 aromatic carbocycles. The maximum Gasteiger partial charge on any atom is 0.336 e. The zero-order valence-electron chi connectivity index (χ0n) is 19.6. The maximum atomic E-state index is 13.6. The molecule has 0 amide bonds. The van der Waals surface area contributed by atoms with Crippen LogP contribution in [0, 0.1) is 7.14 Å². The number of nitrogens with one attached hydrogen (secondary N) is 1. The van der Waals surface area contributed by atoms with Crippen molar-refractivity contribution in [1.29, 1.82) is 0 Å². The van der Waals surface area contributed by atoms with Gasteiger partial charge in [-0.15, -0.1) is 0 Å². The number of hydrogen-bond acceptors (Lipinski definition) is 5. The number of benzene rings is 3. The van der Waals surface area contributed by atoms with Crippen molar-refractivity contribution in [2.45, 2.75) is 19.4 Å². The molecule has 9 heteroatoms. The molecule has 1 N–H and O–H groups in total. The number of halogens is 4. The Bertz CT molecular complexity index is 1520. The number of fused-ring (bicyclic) bond motifs is 2. The van der Waals surface area contributed by atoms with Gasteiger partial charge in [-0.3, -0.25) is 4.79 Å². The maximum absolute atomic E-state index is 13.6. The van der Waals surface area contributed by atoms with Gasteiger partial charge in [-0.25, -0.2) is 4.79 Å². The van der Waals surface area contributed by atoms with Crippen LogP contribution in [-0.2, 0) is 16.1 Å². The number of carbonyl (C=O) groups excluding carboxylic acids is 2. The van der Waals surface area contributed by atoms with Gasteiger partial charge >= 0.3 is 5.97 Å². The fourth-order valence-corrected chi connectivity index (χ4v) is 7.16. The standard InChI is InChI=1S/C28H19Cl2I2NO4/c1-13-22(28(35)36-2)23(24-25(33-13)16-5-3-4-6-17(16)26(24)34)15-10-20(31)27(21(32)11-15)37-12-14-7-8-18(29)19(30)9-14/h3-11,23,33H,12H2,1-2H3/t23-/m0/s1. The minimum absolute atomic E-state index is 0.0954. The summed E-state index contributed by atoms with van der Waals surface area (Å²) >= 11 is 16.6. The summed E-state index contributed by atoms with van der Waals surface area (Å²) in [7, 11) is 1.35. The summed E-state index contributed by atoms with van der Waals surface area (Å²) < 4.78 is 13.0. The number of dihydropyridines is 1. The molecule has 5 nitrogen and oxygen atoms in total.